The molecule has 0 amide bonds. The predicted octanol–water partition coefficient (Wildman–Crippen LogP) is 3.26. The maximum Gasteiger partial charge on any atom is 0.121 e. The van der Waals surface area contributed by atoms with E-state index < -0.39 is 0 Å². The summed E-state index contributed by atoms with van der Waals surface area (Å²) in [6.45, 7) is 2.91. The molecule has 1 aromatic carbocycles. The van der Waals surface area contributed by atoms with Crippen LogP contribution in [0, 0.1) is 6.92 Å². The lowest BCUT2D eigenvalue weighted by Crippen LogP contribution is -2.01. The number of ether oxygens (including phenoxy) is 1. The molecule has 0 aliphatic rings. The Morgan fingerprint density at radius 2 is 2.12 bits per heavy atom. The quantitative estimate of drug-likeness (QED) is 0.816. The van der Waals surface area contributed by atoms with Crippen LogP contribution < -0.4 is 15.8 Å². The molecular formula is C13H16N2OS. The number of hydrogen-bond acceptors (Lipinski definition) is 4. The Labute approximate surface area is 105 Å². The average Bonchev–Trinajstić information content (AvgIpc) is 2.73. The largest absolute Gasteiger partial charge is 0.497 e. The molecule has 0 spiro atoms. The molecule has 0 bridgehead atoms. The van der Waals surface area contributed by atoms with Gasteiger partial charge in [-0.05, 0) is 31.2 Å². The summed E-state index contributed by atoms with van der Waals surface area (Å²) in [6, 6.07) is 9.92. The first-order chi connectivity index (χ1) is 8.19. The lowest BCUT2D eigenvalue weighted by Gasteiger charge is -2.09. The summed E-state index contributed by atoms with van der Waals surface area (Å²) in [6.07, 6.45) is 0. The molecule has 3 N–H and O–H groups in total. The number of thiophene rings is 1. The second kappa shape index (κ2) is 5.10. The molecule has 0 unspecified atom stereocenters. The van der Waals surface area contributed by atoms with Crippen molar-refractivity contribution in [3.63, 3.8) is 0 Å². The fourth-order valence-corrected chi connectivity index (χ4v) is 2.42. The molecule has 0 fully saturated rings. The molecule has 1 aromatic heterocycles. The summed E-state index contributed by atoms with van der Waals surface area (Å²) in [7, 11) is 1.64. The van der Waals surface area contributed by atoms with Gasteiger partial charge in [0.1, 0.15) is 5.75 Å². The highest BCUT2D eigenvalue weighted by molar-refractivity contribution is 7.11. The van der Waals surface area contributed by atoms with E-state index in [2.05, 4.69) is 24.4 Å². The number of methoxy groups -OCH3 is 1. The number of nitrogens with two attached hydrogens (primary N) is 1. The van der Waals surface area contributed by atoms with Gasteiger partial charge in [-0.1, -0.05) is 0 Å². The van der Waals surface area contributed by atoms with Crippen molar-refractivity contribution in [1.82, 2.24) is 0 Å². The summed E-state index contributed by atoms with van der Waals surface area (Å²) in [5, 5.41) is 3.32. The molecule has 0 saturated heterocycles. The van der Waals surface area contributed by atoms with E-state index in [0.717, 1.165) is 18.0 Å². The Bertz CT molecular complexity index is 508. The molecule has 0 radical (unpaired) electrons. The van der Waals surface area contributed by atoms with E-state index in [-0.39, 0.29) is 0 Å². The molecule has 3 nitrogen and oxygen atoms in total. The highest BCUT2D eigenvalue weighted by Crippen LogP contribution is 2.25. The Kier molecular flexibility index (Phi) is 3.54. The minimum absolute atomic E-state index is 0.706. The van der Waals surface area contributed by atoms with Crippen LogP contribution in [0.25, 0.3) is 0 Å². The van der Waals surface area contributed by atoms with Crippen molar-refractivity contribution >= 4 is 22.7 Å². The highest BCUT2D eigenvalue weighted by Gasteiger charge is 2.02. The number of hydrogen-bond donors (Lipinski definition) is 2. The van der Waals surface area contributed by atoms with Crippen LogP contribution in [-0.2, 0) is 6.54 Å². The molecule has 0 aliphatic heterocycles. The Hall–Kier alpha value is -1.68. The van der Waals surface area contributed by atoms with Crippen molar-refractivity contribution in [3.05, 3.63) is 40.1 Å². The molecule has 90 valence electrons. The molecule has 4 heteroatoms. The smallest absolute Gasteiger partial charge is 0.121 e. The van der Waals surface area contributed by atoms with E-state index in [9.17, 15) is 0 Å². The molecule has 2 rings (SSSR count). The van der Waals surface area contributed by atoms with Crippen LogP contribution in [0.4, 0.5) is 11.4 Å². The van der Waals surface area contributed by atoms with Gasteiger partial charge in [0.05, 0.1) is 18.5 Å². The number of rotatable bonds is 4. The molecular weight excluding hydrogens is 232 g/mol. The first-order valence-electron chi connectivity index (χ1n) is 5.42. The molecule has 17 heavy (non-hydrogen) atoms. The highest BCUT2D eigenvalue weighted by atomic mass is 32.1. The van der Waals surface area contributed by atoms with Gasteiger partial charge in [-0.2, -0.15) is 0 Å². The van der Waals surface area contributed by atoms with Crippen molar-refractivity contribution in [3.8, 4) is 5.75 Å². The third-order valence-electron chi connectivity index (χ3n) is 2.51. The average molecular weight is 248 g/mol. The Morgan fingerprint density at radius 1 is 1.29 bits per heavy atom. The first kappa shape index (κ1) is 11.8. The van der Waals surface area contributed by atoms with Gasteiger partial charge in [-0.3, -0.25) is 0 Å². The van der Waals surface area contributed by atoms with Gasteiger partial charge < -0.3 is 15.8 Å². The minimum atomic E-state index is 0.706. The fraction of sp³-hybridized carbons (Fsp3) is 0.231. The van der Waals surface area contributed by atoms with Gasteiger partial charge in [0.25, 0.3) is 0 Å². The van der Waals surface area contributed by atoms with Crippen LogP contribution in [0.3, 0.4) is 0 Å². The van der Waals surface area contributed by atoms with Crippen LogP contribution in [0.1, 0.15) is 9.75 Å². The van der Waals surface area contributed by atoms with Crippen LogP contribution in [0.5, 0.6) is 5.75 Å². The van der Waals surface area contributed by atoms with Gasteiger partial charge >= 0.3 is 0 Å². The number of aryl methyl sites for hydroxylation is 1. The Morgan fingerprint density at radius 3 is 2.71 bits per heavy atom. The monoisotopic (exact) mass is 248 g/mol. The van der Waals surface area contributed by atoms with Gasteiger partial charge in [0.15, 0.2) is 0 Å². The fourth-order valence-electron chi connectivity index (χ4n) is 1.59. The second-order valence-corrected chi connectivity index (χ2v) is 5.19. The zero-order valence-electron chi connectivity index (χ0n) is 9.99. The van der Waals surface area contributed by atoms with Gasteiger partial charge in [0.2, 0.25) is 0 Å². The SMILES string of the molecule is COc1ccc(NCc2ccc(C)s2)c(N)c1. The number of nitrogen functional groups attached to an aromatic ring is 1. The summed E-state index contributed by atoms with van der Waals surface area (Å²) in [5.41, 5.74) is 7.57. The standard InChI is InChI=1S/C13H16N2OS/c1-9-3-5-11(17-9)8-15-13-6-4-10(16-2)7-12(13)14/h3-7,15H,8,14H2,1-2H3. The molecule has 0 aliphatic carbocycles. The van der Waals surface area contributed by atoms with Crippen LogP contribution in [0.2, 0.25) is 0 Å². The molecule has 1 heterocycles. The summed E-state index contributed by atoms with van der Waals surface area (Å²) >= 11 is 1.79. The zero-order chi connectivity index (χ0) is 12.3. The van der Waals surface area contributed by atoms with Crippen LogP contribution >= 0.6 is 11.3 Å². The van der Waals surface area contributed by atoms with Crippen molar-refractivity contribution in [2.24, 2.45) is 0 Å². The van der Waals surface area contributed by atoms with E-state index in [0.29, 0.717) is 5.69 Å². The molecule has 0 saturated carbocycles. The van der Waals surface area contributed by atoms with Crippen LogP contribution in [-0.4, -0.2) is 7.11 Å². The van der Waals surface area contributed by atoms with Gasteiger partial charge in [0, 0.05) is 22.4 Å². The lowest BCUT2D eigenvalue weighted by atomic mass is 10.2. The maximum absolute atomic E-state index is 5.93. The van der Waals surface area contributed by atoms with Crippen molar-refractivity contribution in [2.45, 2.75) is 13.5 Å². The van der Waals surface area contributed by atoms with Crippen molar-refractivity contribution in [2.75, 3.05) is 18.2 Å². The summed E-state index contributed by atoms with van der Waals surface area (Å²) < 4.78 is 5.11. The summed E-state index contributed by atoms with van der Waals surface area (Å²) in [4.78, 5) is 2.63. The van der Waals surface area contributed by atoms with Crippen LogP contribution in [0.15, 0.2) is 30.3 Å². The summed E-state index contributed by atoms with van der Waals surface area (Å²) in [5.74, 6) is 0.778. The third kappa shape index (κ3) is 2.91. The first-order valence-corrected chi connectivity index (χ1v) is 6.23. The third-order valence-corrected chi connectivity index (χ3v) is 3.51. The zero-order valence-corrected chi connectivity index (χ0v) is 10.8. The minimum Gasteiger partial charge on any atom is -0.497 e. The van der Waals surface area contributed by atoms with E-state index in [1.54, 1.807) is 18.4 Å². The van der Waals surface area contributed by atoms with Gasteiger partial charge in [-0.25, -0.2) is 0 Å². The predicted molar refractivity (Wildman–Crippen MR) is 73.8 cm³/mol. The van der Waals surface area contributed by atoms with Crippen molar-refractivity contribution < 1.29 is 4.74 Å². The Balaban J connectivity index is 2.04. The lowest BCUT2D eigenvalue weighted by molar-refractivity contribution is 0.415. The normalized spacial score (nSPS) is 10.2. The molecule has 0 atom stereocenters. The van der Waals surface area contributed by atoms with E-state index in [4.69, 9.17) is 10.5 Å². The maximum atomic E-state index is 5.93. The van der Waals surface area contributed by atoms with Crippen molar-refractivity contribution in [1.29, 1.82) is 0 Å². The van der Waals surface area contributed by atoms with E-state index in [1.165, 1.54) is 9.75 Å². The van der Waals surface area contributed by atoms with E-state index in [1.807, 2.05) is 18.2 Å². The number of benzene rings is 1. The molecule has 2 aromatic rings. The number of nitrogens with one attached hydrogen (secondary N) is 1. The van der Waals surface area contributed by atoms with E-state index >= 15 is 0 Å². The number of anilines is 2. The van der Waals surface area contributed by atoms with Gasteiger partial charge in [-0.15, -0.1) is 11.3 Å². The topological polar surface area (TPSA) is 47.3 Å². The second-order valence-electron chi connectivity index (χ2n) is 3.82.